The number of rotatable bonds is 4. The molecule has 0 amide bonds. The maximum Gasteiger partial charge on any atom is 0.269 e. The average molecular weight is 298 g/mol. The molecule has 1 heterocycles. The number of halogens is 1. The fourth-order valence-corrected chi connectivity index (χ4v) is 2.06. The molecule has 0 fully saturated rings. The largest absolute Gasteiger partial charge is 0.269 e. The zero-order valence-electron chi connectivity index (χ0n) is 11.4. The first-order valence-electron chi connectivity index (χ1n) is 6.50. The second kappa shape index (κ2) is 5.72. The van der Waals surface area contributed by atoms with Crippen LogP contribution in [0.4, 0.5) is 10.1 Å². The van der Waals surface area contributed by atoms with Gasteiger partial charge in [0.15, 0.2) is 5.82 Å². The fraction of sp³-hybridized carbons (Fsp3) is 0.0667. The highest BCUT2D eigenvalue weighted by molar-refractivity contribution is 5.56. The molecule has 3 rings (SSSR count). The molecule has 2 aromatic carbocycles. The van der Waals surface area contributed by atoms with Gasteiger partial charge in [0, 0.05) is 17.7 Å². The molecular formula is C15H11FN4O2. The van der Waals surface area contributed by atoms with Crippen molar-refractivity contribution >= 4 is 5.69 Å². The van der Waals surface area contributed by atoms with E-state index in [0.29, 0.717) is 17.9 Å². The molecule has 3 aromatic rings. The molecule has 0 N–H and O–H groups in total. The Morgan fingerprint density at radius 3 is 2.64 bits per heavy atom. The molecule has 1 aromatic heterocycles. The van der Waals surface area contributed by atoms with Gasteiger partial charge in [-0.25, -0.2) is 14.1 Å². The Kier molecular flexibility index (Phi) is 3.61. The highest BCUT2D eigenvalue weighted by atomic mass is 19.1. The Hall–Kier alpha value is -3.09. The summed E-state index contributed by atoms with van der Waals surface area (Å²) in [7, 11) is 0. The van der Waals surface area contributed by atoms with E-state index in [0.717, 1.165) is 5.56 Å². The van der Waals surface area contributed by atoms with Gasteiger partial charge < -0.3 is 0 Å². The lowest BCUT2D eigenvalue weighted by Gasteiger charge is -2.01. The fourth-order valence-electron chi connectivity index (χ4n) is 2.06. The van der Waals surface area contributed by atoms with E-state index >= 15 is 0 Å². The molecule has 0 spiro atoms. The first-order valence-corrected chi connectivity index (χ1v) is 6.50. The summed E-state index contributed by atoms with van der Waals surface area (Å²) in [5.74, 6) is 0.166. The van der Waals surface area contributed by atoms with Crippen LogP contribution >= 0.6 is 0 Å². The third kappa shape index (κ3) is 2.98. The van der Waals surface area contributed by atoms with Crippen LogP contribution < -0.4 is 0 Å². The van der Waals surface area contributed by atoms with Crippen molar-refractivity contribution in [2.75, 3.05) is 0 Å². The van der Waals surface area contributed by atoms with Crippen molar-refractivity contribution in [3.63, 3.8) is 0 Å². The monoisotopic (exact) mass is 298 g/mol. The number of nitro benzene ring substituents is 1. The van der Waals surface area contributed by atoms with Gasteiger partial charge in [0.05, 0.1) is 11.5 Å². The molecule has 0 aliphatic rings. The zero-order valence-corrected chi connectivity index (χ0v) is 11.4. The summed E-state index contributed by atoms with van der Waals surface area (Å²) >= 11 is 0. The van der Waals surface area contributed by atoms with Crippen LogP contribution in [0.3, 0.4) is 0 Å². The molecule has 0 saturated heterocycles. The lowest BCUT2D eigenvalue weighted by atomic mass is 10.2. The molecule has 22 heavy (non-hydrogen) atoms. The number of nitro groups is 1. The maximum atomic E-state index is 13.1. The Bertz CT molecular complexity index is 814. The Labute approximate surface area is 125 Å². The predicted octanol–water partition coefficient (Wildman–Crippen LogP) is 3.04. The van der Waals surface area contributed by atoms with Crippen LogP contribution in [0.1, 0.15) is 5.56 Å². The van der Waals surface area contributed by atoms with Crippen LogP contribution in [-0.2, 0) is 6.54 Å². The van der Waals surface area contributed by atoms with Crippen LogP contribution in [0.15, 0.2) is 54.9 Å². The molecule has 6 nitrogen and oxygen atoms in total. The van der Waals surface area contributed by atoms with E-state index in [-0.39, 0.29) is 11.5 Å². The van der Waals surface area contributed by atoms with Crippen LogP contribution in [0.5, 0.6) is 0 Å². The number of nitrogens with zero attached hydrogens (tertiary/aromatic N) is 4. The van der Waals surface area contributed by atoms with Crippen molar-refractivity contribution in [3.8, 4) is 11.4 Å². The molecule has 0 aliphatic heterocycles. The second-order valence-electron chi connectivity index (χ2n) is 4.70. The SMILES string of the molecule is O=[N+]([O-])c1ccc(-c2ncn(Cc3cccc(F)c3)n2)cc1. The van der Waals surface area contributed by atoms with E-state index < -0.39 is 4.92 Å². The van der Waals surface area contributed by atoms with Gasteiger partial charge in [0.2, 0.25) is 0 Å². The van der Waals surface area contributed by atoms with E-state index in [2.05, 4.69) is 10.1 Å². The summed E-state index contributed by atoms with van der Waals surface area (Å²) in [6.45, 7) is 0.401. The summed E-state index contributed by atoms with van der Waals surface area (Å²) in [4.78, 5) is 14.3. The van der Waals surface area contributed by atoms with Crippen molar-refractivity contribution in [2.45, 2.75) is 6.54 Å². The maximum absolute atomic E-state index is 13.1. The Morgan fingerprint density at radius 2 is 1.95 bits per heavy atom. The van der Waals surface area contributed by atoms with Gasteiger partial charge in [-0.1, -0.05) is 12.1 Å². The Morgan fingerprint density at radius 1 is 1.18 bits per heavy atom. The molecule has 0 radical (unpaired) electrons. The number of aromatic nitrogens is 3. The van der Waals surface area contributed by atoms with Gasteiger partial charge in [0.1, 0.15) is 12.1 Å². The van der Waals surface area contributed by atoms with Gasteiger partial charge in [-0.05, 0) is 29.8 Å². The zero-order chi connectivity index (χ0) is 15.5. The van der Waals surface area contributed by atoms with E-state index in [1.807, 2.05) is 0 Å². The summed E-state index contributed by atoms with van der Waals surface area (Å²) in [6, 6.07) is 12.3. The molecular weight excluding hydrogens is 287 g/mol. The molecule has 110 valence electrons. The third-order valence-electron chi connectivity index (χ3n) is 3.11. The molecule has 0 atom stereocenters. The molecule has 0 bridgehead atoms. The highest BCUT2D eigenvalue weighted by Crippen LogP contribution is 2.19. The van der Waals surface area contributed by atoms with Gasteiger partial charge in [-0.3, -0.25) is 10.1 Å². The number of hydrogen-bond donors (Lipinski definition) is 0. The number of benzene rings is 2. The number of non-ortho nitro benzene ring substituents is 1. The molecule has 0 aliphatic carbocycles. The standard InChI is InChI=1S/C15H11FN4O2/c16-13-3-1-2-11(8-13)9-19-10-17-15(18-19)12-4-6-14(7-5-12)20(21)22/h1-8,10H,9H2. The summed E-state index contributed by atoms with van der Waals surface area (Å²) in [5.41, 5.74) is 1.48. The van der Waals surface area contributed by atoms with Crippen molar-refractivity contribution in [2.24, 2.45) is 0 Å². The van der Waals surface area contributed by atoms with E-state index in [4.69, 9.17) is 0 Å². The van der Waals surface area contributed by atoms with Crippen LogP contribution in [-0.4, -0.2) is 19.7 Å². The number of hydrogen-bond acceptors (Lipinski definition) is 4. The van der Waals surface area contributed by atoms with E-state index in [9.17, 15) is 14.5 Å². The smallest absolute Gasteiger partial charge is 0.258 e. The third-order valence-corrected chi connectivity index (χ3v) is 3.11. The van der Waals surface area contributed by atoms with Crippen LogP contribution in [0, 0.1) is 15.9 Å². The van der Waals surface area contributed by atoms with E-state index in [1.165, 1.54) is 24.3 Å². The lowest BCUT2D eigenvalue weighted by molar-refractivity contribution is -0.384. The molecule has 7 heteroatoms. The summed E-state index contributed by atoms with van der Waals surface area (Å²) < 4.78 is 14.7. The van der Waals surface area contributed by atoms with Crippen LogP contribution in [0.25, 0.3) is 11.4 Å². The normalized spacial score (nSPS) is 10.6. The molecule has 0 saturated carbocycles. The van der Waals surface area contributed by atoms with Crippen molar-refractivity contribution in [3.05, 3.63) is 76.4 Å². The van der Waals surface area contributed by atoms with Crippen molar-refractivity contribution < 1.29 is 9.31 Å². The minimum absolute atomic E-state index is 0.0166. The second-order valence-corrected chi connectivity index (χ2v) is 4.70. The lowest BCUT2D eigenvalue weighted by Crippen LogP contribution is -2.00. The predicted molar refractivity (Wildman–Crippen MR) is 77.6 cm³/mol. The van der Waals surface area contributed by atoms with Gasteiger partial charge >= 0.3 is 0 Å². The first-order chi connectivity index (χ1) is 10.6. The van der Waals surface area contributed by atoms with E-state index in [1.54, 1.807) is 35.3 Å². The van der Waals surface area contributed by atoms with Crippen LogP contribution in [0.2, 0.25) is 0 Å². The van der Waals surface area contributed by atoms with Gasteiger partial charge in [-0.2, -0.15) is 5.10 Å². The van der Waals surface area contributed by atoms with Crippen molar-refractivity contribution in [1.29, 1.82) is 0 Å². The quantitative estimate of drug-likeness (QED) is 0.548. The van der Waals surface area contributed by atoms with Crippen molar-refractivity contribution in [1.82, 2.24) is 14.8 Å². The summed E-state index contributed by atoms with van der Waals surface area (Å²) in [5, 5.41) is 14.9. The highest BCUT2D eigenvalue weighted by Gasteiger charge is 2.08. The van der Waals surface area contributed by atoms with Gasteiger partial charge in [-0.15, -0.1) is 0 Å². The minimum Gasteiger partial charge on any atom is -0.258 e. The summed E-state index contributed by atoms with van der Waals surface area (Å²) in [6.07, 6.45) is 1.54. The average Bonchev–Trinajstić information content (AvgIpc) is 2.96. The van der Waals surface area contributed by atoms with Gasteiger partial charge in [0.25, 0.3) is 5.69 Å². The minimum atomic E-state index is -0.459. The topological polar surface area (TPSA) is 73.8 Å². The molecule has 0 unspecified atom stereocenters. The Balaban J connectivity index is 1.80. The first kappa shape index (κ1) is 13.9.